The Morgan fingerprint density at radius 3 is 2.87 bits per heavy atom. The minimum absolute atomic E-state index is 0.573. The minimum atomic E-state index is 0.573. The predicted octanol–water partition coefficient (Wildman–Crippen LogP) is 1.79. The second-order valence-corrected chi connectivity index (χ2v) is 4.82. The number of fused-ring (bicyclic) bond motifs is 1. The van der Waals surface area contributed by atoms with Gasteiger partial charge in [0.05, 0.1) is 5.69 Å². The SMILES string of the molecule is CNCC1CCc2nn(C)c(C(C)C)c21. The fraction of sp³-hybridized carbons (Fsp3) is 0.750. The first-order valence-electron chi connectivity index (χ1n) is 5.85. The summed E-state index contributed by atoms with van der Waals surface area (Å²) in [6, 6.07) is 0. The van der Waals surface area contributed by atoms with Crippen LogP contribution < -0.4 is 5.32 Å². The highest BCUT2D eigenvalue weighted by Crippen LogP contribution is 2.37. The zero-order chi connectivity index (χ0) is 11.0. The summed E-state index contributed by atoms with van der Waals surface area (Å²) in [6.45, 7) is 5.59. The second-order valence-electron chi connectivity index (χ2n) is 4.82. The van der Waals surface area contributed by atoms with E-state index in [1.165, 1.54) is 23.4 Å². The number of hydrogen-bond donors (Lipinski definition) is 1. The molecule has 0 radical (unpaired) electrons. The Balaban J connectivity index is 2.40. The Morgan fingerprint density at radius 2 is 2.27 bits per heavy atom. The maximum atomic E-state index is 4.63. The summed E-state index contributed by atoms with van der Waals surface area (Å²) < 4.78 is 2.08. The molecule has 2 rings (SSSR count). The van der Waals surface area contributed by atoms with E-state index in [1.54, 1.807) is 0 Å². The van der Waals surface area contributed by atoms with E-state index in [-0.39, 0.29) is 0 Å². The van der Waals surface area contributed by atoms with Crippen LogP contribution in [0.2, 0.25) is 0 Å². The fourth-order valence-electron chi connectivity index (χ4n) is 2.83. The van der Waals surface area contributed by atoms with Crippen LogP contribution >= 0.6 is 0 Å². The molecular formula is C12H21N3. The quantitative estimate of drug-likeness (QED) is 0.819. The Labute approximate surface area is 91.9 Å². The maximum Gasteiger partial charge on any atom is 0.0663 e. The molecule has 0 saturated heterocycles. The summed E-state index contributed by atoms with van der Waals surface area (Å²) in [7, 11) is 4.10. The average molecular weight is 207 g/mol. The van der Waals surface area contributed by atoms with Crippen molar-refractivity contribution in [1.82, 2.24) is 15.1 Å². The Kier molecular flexibility index (Phi) is 2.83. The van der Waals surface area contributed by atoms with Crippen LogP contribution in [0.3, 0.4) is 0 Å². The van der Waals surface area contributed by atoms with Crippen LogP contribution in [0.25, 0.3) is 0 Å². The highest BCUT2D eigenvalue weighted by Gasteiger charge is 2.30. The molecule has 1 N–H and O–H groups in total. The van der Waals surface area contributed by atoms with E-state index in [9.17, 15) is 0 Å². The van der Waals surface area contributed by atoms with E-state index in [0.29, 0.717) is 11.8 Å². The highest BCUT2D eigenvalue weighted by atomic mass is 15.3. The molecular weight excluding hydrogens is 186 g/mol. The number of likely N-dealkylation sites (N-methyl/N-ethyl adjacent to an activating group) is 1. The van der Waals surface area contributed by atoms with Gasteiger partial charge in [-0.3, -0.25) is 4.68 Å². The fourth-order valence-corrected chi connectivity index (χ4v) is 2.83. The highest BCUT2D eigenvalue weighted by molar-refractivity contribution is 5.36. The third kappa shape index (κ3) is 1.69. The van der Waals surface area contributed by atoms with Crippen LogP contribution in [-0.2, 0) is 13.5 Å². The van der Waals surface area contributed by atoms with Crippen molar-refractivity contribution >= 4 is 0 Å². The van der Waals surface area contributed by atoms with Gasteiger partial charge < -0.3 is 5.32 Å². The summed E-state index contributed by atoms with van der Waals surface area (Å²) in [5.41, 5.74) is 4.30. The number of nitrogens with zero attached hydrogens (tertiary/aromatic N) is 2. The molecule has 0 aliphatic heterocycles. The lowest BCUT2D eigenvalue weighted by molar-refractivity contribution is 0.584. The predicted molar refractivity (Wildman–Crippen MR) is 62.3 cm³/mol. The van der Waals surface area contributed by atoms with Gasteiger partial charge in [-0.2, -0.15) is 5.10 Å². The number of aromatic nitrogens is 2. The first kappa shape index (κ1) is 10.7. The van der Waals surface area contributed by atoms with E-state index in [0.717, 1.165) is 13.0 Å². The number of rotatable bonds is 3. The standard InChI is InChI=1S/C12H21N3/c1-8(2)12-11-9(7-13-3)5-6-10(11)14-15(12)4/h8-9,13H,5-7H2,1-4H3. The van der Waals surface area contributed by atoms with E-state index in [2.05, 4.69) is 36.0 Å². The van der Waals surface area contributed by atoms with Gasteiger partial charge >= 0.3 is 0 Å². The van der Waals surface area contributed by atoms with Gasteiger partial charge in [0.2, 0.25) is 0 Å². The molecule has 3 heteroatoms. The minimum Gasteiger partial charge on any atom is -0.319 e. The van der Waals surface area contributed by atoms with Crippen molar-refractivity contribution < 1.29 is 0 Å². The van der Waals surface area contributed by atoms with Crippen molar-refractivity contribution in [1.29, 1.82) is 0 Å². The van der Waals surface area contributed by atoms with E-state index >= 15 is 0 Å². The van der Waals surface area contributed by atoms with Crippen molar-refractivity contribution in [3.63, 3.8) is 0 Å². The van der Waals surface area contributed by atoms with Gasteiger partial charge in [-0.05, 0) is 25.8 Å². The summed E-state index contributed by atoms with van der Waals surface area (Å²) in [6.07, 6.45) is 2.42. The van der Waals surface area contributed by atoms with Crippen molar-refractivity contribution in [2.75, 3.05) is 13.6 Å². The topological polar surface area (TPSA) is 29.9 Å². The summed E-state index contributed by atoms with van der Waals surface area (Å²) >= 11 is 0. The number of hydrogen-bond acceptors (Lipinski definition) is 2. The van der Waals surface area contributed by atoms with E-state index < -0.39 is 0 Å². The number of aryl methyl sites for hydroxylation is 2. The lowest BCUT2D eigenvalue weighted by Gasteiger charge is -2.15. The molecule has 0 spiro atoms. The third-order valence-electron chi connectivity index (χ3n) is 3.34. The second kappa shape index (κ2) is 3.97. The van der Waals surface area contributed by atoms with Crippen molar-refractivity contribution in [3.05, 3.63) is 17.0 Å². The largest absolute Gasteiger partial charge is 0.319 e. The normalized spacial score (nSPS) is 19.9. The molecule has 0 fully saturated rings. The average Bonchev–Trinajstić information content (AvgIpc) is 2.65. The molecule has 3 nitrogen and oxygen atoms in total. The summed E-state index contributed by atoms with van der Waals surface area (Å²) in [4.78, 5) is 0. The number of nitrogens with one attached hydrogen (secondary N) is 1. The Hall–Kier alpha value is -0.830. The van der Waals surface area contributed by atoms with Gasteiger partial charge in [0.1, 0.15) is 0 Å². The zero-order valence-electron chi connectivity index (χ0n) is 10.2. The van der Waals surface area contributed by atoms with Gasteiger partial charge in [-0.25, -0.2) is 0 Å². The molecule has 1 aromatic rings. The van der Waals surface area contributed by atoms with Crippen LogP contribution in [0.15, 0.2) is 0 Å². The Bertz CT molecular complexity index is 352. The molecule has 84 valence electrons. The lowest BCUT2D eigenvalue weighted by atomic mass is 9.96. The molecule has 1 unspecified atom stereocenters. The van der Waals surface area contributed by atoms with Gasteiger partial charge in [0.25, 0.3) is 0 Å². The van der Waals surface area contributed by atoms with Crippen molar-refractivity contribution in [2.24, 2.45) is 7.05 Å². The van der Waals surface area contributed by atoms with E-state index in [1.807, 2.05) is 7.05 Å². The third-order valence-corrected chi connectivity index (χ3v) is 3.34. The van der Waals surface area contributed by atoms with Crippen molar-refractivity contribution in [2.45, 2.75) is 38.5 Å². The molecule has 0 amide bonds. The molecule has 0 bridgehead atoms. The molecule has 1 aromatic heterocycles. The summed E-state index contributed by atoms with van der Waals surface area (Å²) in [5.74, 6) is 1.25. The first-order valence-corrected chi connectivity index (χ1v) is 5.85. The molecule has 0 aromatic carbocycles. The zero-order valence-corrected chi connectivity index (χ0v) is 10.2. The monoisotopic (exact) mass is 207 g/mol. The smallest absolute Gasteiger partial charge is 0.0663 e. The van der Waals surface area contributed by atoms with Gasteiger partial charge in [-0.1, -0.05) is 13.8 Å². The van der Waals surface area contributed by atoms with Crippen molar-refractivity contribution in [3.8, 4) is 0 Å². The molecule has 1 aliphatic rings. The lowest BCUT2D eigenvalue weighted by Crippen LogP contribution is -2.17. The molecule has 1 aliphatic carbocycles. The van der Waals surface area contributed by atoms with Crippen LogP contribution in [0.4, 0.5) is 0 Å². The van der Waals surface area contributed by atoms with E-state index in [4.69, 9.17) is 0 Å². The van der Waals surface area contributed by atoms with Crippen LogP contribution in [0, 0.1) is 0 Å². The molecule has 1 atom stereocenters. The van der Waals surface area contributed by atoms with Gasteiger partial charge in [0.15, 0.2) is 0 Å². The maximum absolute atomic E-state index is 4.63. The Morgan fingerprint density at radius 1 is 1.53 bits per heavy atom. The van der Waals surface area contributed by atoms with Crippen LogP contribution in [0.1, 0.15) is 49.1 Å². The van der Waals surface area contributed by atoms with Gasteiger partial charge in [-0.15, -0.1) is 0 Å². The first-order chi connectivity index (χ1) is 7.15. The van der Waals surface area contributed by atoms with Crippen LogP contribution in [-0.4, -0.2) is 23.4 Å². The molecule has 15 heavy (non-hydrogen) atoms. The van der Waals surface area contributed by atoms with Crippen LogP contribution in [0.5, 0.6) is 0 Å². The molecule has 1 heterocycles. The molecule has 0 saturated carbocycles. The van der Waals surface area contributed by atoms with Gasteiger partial charge in [0, 0.05) is 30.8 Å². The summed E-state index contributed by atoms with van der Waals surface area (Å²) in [5, 5.41) is 7.92.